The van der Waals surface area contributed by atoms with Crippen LogP contribution in [0.4, 0.5) is 23.7 Å². The topological polar surface area (TPSA) is 58.6 Å². The molecule has 21 heavy (non-hydrogen) atoms. The number of nitrogens with zero attached hydrogens (tertiary/aromatic N) is 1. The van der Waals surface area contributed by atoms with Gasteiger partial charge in [-0.3, -0.25) is 4.79 Å². The fourth-order valence-corrected chi connectivity index (χ4v) is 2.52. The molecule has 0 atom stereocenters. The fraction of sp³-hybridized carbons (Fsp3) is 0.385. The van der Waals surface area contributed by atoms with Crippen LogP contribution in [0.5, 0.6) is 5.75 Å². The molecule has 2 aliphatic rings. The van der Waals surface area contributed by atoms with Crippen molar-refractivity contribution in [1.82, 2.24) is 5.32 Å². The van der Waals surface area contributed by atoms with Gasteiger partial charge in [0.15, 0.2) is 0 Å². The van der Waals surface area contributed by atoms with E-state index in [4.69, 9.17) is 0 Å². The lowest BCUT2D eigenvalue weighted by Crippen LogP contribution is -2.52. The summed E-state index contributed by atoms with van der Waals surface area (Å²) >= 11 is 0. The van der Waals surface area contributed by atoms with Gasteiger partial charge in [-0.1, -0.05) is 0 Å². The molecular formula is C13H11F3N2O3. The average molecular weight is 300 g/mol. The molecule has 3 amide bonds. The van der Waals surface area contributed by atoms with Crippen LogP contribution in [0.25, 0.3) is 0 Å². The molecule has 1 aromatic carbocycles. The second-order valence-corrected chi connectivity index (χ2v) is 5.05. The zero-order valence-corrected chi connectivity index (χ0v) is 10.7. The smallest absolute Gasteiger partial charge is 0.406 e. The number of halogens is 3. The van der Waals surface area contributed by atoms with E-state index in [1.807, 2.05) is 0 Å². The summed E-state index contributed by atoms with van der Waals surface area (Å²) in [5.41, 5.74) is -0.603. The lowest BCUT2D eigenvalue weighted by atomic mass is 9.77. The Kier molecular flexibility index (Phi) is 2.86. The molecule has 1 aliphatic heterocycles. The predicted octanol–water partition coefficient (Wildman–Crippen LogP) is 2.56. The van der Waals surface area contributed by atoms with Crippen LogP contribution in [0.3, 0.4) is 0 Å². The Bertz CT molecular complexity index is 594. The van der Waals surface area contributed by atoms with Gasteiger partial charge in [-0.2, -0.15) is 0 Å². The number of ether oxygens (including phenoxy) is 1. The highest BCUT2D eigenvalue weighted by atomic mass is 19.4. The van der Waals surface area contributed by atoms with Gasteiger partial charge in [0, 0.05) is 0 Å². The fourth-order valence-electron chi connectivity index (χ4n) is 2.52. The average Bonchev–Trinajstić information content (AvgIpc) is 2.60. The third-order valence-corrected chi connectivity index (χ3v) is 3.70. The highest BCUT2D eigenvalue weighted by Crippen LogP contribution is 2.39. The number of imide groups is 1. The summed E-state index contributed by atoms with van der Waals surface area (Å²) in [6, 6.07) is 4.07. The van der Waals surface area contributed by atoms with Gasteiger partial charge in [0.25, 0.3) is 5.91 Å². The number of alkyl halides is 3. The molecule has 112 valence electrons. The standard InChI is InChI=1S/C13H11F3N2O3/c14-13(15,16)21-9-4-2-8(3-5-9)18-10(19)12(6-1-7-12)17-11(18)20/h2-5H,1,6-7H2,(H,17,20). The molecule has 2 fully saturated rings. The molecule has 1 saturated carbocycles. The van der Waals surface area contributed by atoms with E-state index in [9.17, 15) is 22.8 Å². The van der Waals surface area contributed by atoms with Crippen LogP contribution in [0.1, 0.15) is 19.3 Å². The maximum Gasteiger partial charge on any atom is 0.573 e. The monoisotopic (exact) mass is 300 g/mol. The van der Waals surface area contributed by atoms with Crippen molar-refractivity contribution in [2.24, 2.45) is 0 Å². The van der Waals surface area contributed by atoms with E-state index >= 15 is 0 Å². The van der Waals surface area contributed by atoms with Crippen molar-refractivity contribution >= 4 is 17.6 Å². The van der Waals surface area contributed by atoms with Gasteiger partial charge < -0.3 is 10.1 Å². The molecule has 8 heteroatoms. The van der Waals surface area contributed by atoms with Gasteiger partial charge in [0.1, 0.15) is 11.3 Å². The summed E-state index contributed by atoms with van der Waals surface area (Å²) in [5, 5.41) is 2.64. The summed E-state index contributed by atoms with van der Waals surface area (Å²) in [5.74, 6) is -0.764. The molecule has 0 aromatic heterocycles. The first-order chi connectivity index (χ1) is 9.81. The van der Waals surface area contributed by atoms with Crippen LogP contribution in [0, 0.1) is 0 Å². The molecule has 0 bridgehead atoms. The highest BCUT2D eigenvalue weighted by Gasteiger charge is 2.55. The zero-order valence-electron chi connectivity index (χ0n) is 10.7. The molecule has 1 aliphatic carbocycles. The number of carbonyl (C=O) groups is 2. The maximum absolute atomic E-state index is 12.3. The number of anilines is 1. The van der Waals surface area contributed by atoms with E-state index in [1.54, 1.807) is 0 Å². The van der Waals surface area contributed by atoms with Crippen LogP contribution in [0.15, 0.2) is 24.3 Å². The van der Waals surface area contributed by atoms with Gasteiger partial charge in [-0.15, -0.1) is 13.2 Å². The predicted molar refractivity (Wildman–Crippen MR) is 65.7 cm³/mol. The molecule has 3 rings (SSSR count). The molecule has 1 saturated heterocycles. The minimum Gasteiger partial charge on any atom is -0.406 e. The van der Waals surface area contributed by atoms with Crippen LogP contribution in [-0.2, 0) is 4.79 Å². The number of hydrogen-bond donors (Lipinski definition) is 1. The van der Waals surface area contributed by atoms with E-state index in [-0.39, 0.29) is 11.6 Å². The number of rotatable bonds is 2. The van der Waals surface area contributed by atoms with Gasteiger partial charge in [-0.25, -0.2) is 9.69 Å². The van der Waals surface area contributed by atoms with Crippen molar-refractivity contribution in [3.63, 3.8) is 0 Å². The Labute approximate surface area is 117 Å². The van der Waals surface area contributed by atoms with E-state index in [1.165, 1.54) is 12.1 Å². The lowest BCUT2D eigenvalue weighted by molar-refractivity contribution is -0.274. The van der Waals surface area contributed by atoms with Crippen molar-refractivity contribution < 1.29 is 27.5 Å². The SMILES string of the molecule is O=C1NC2(CCC2)C(=O)N1c1ccc(OC(F)(F)F)cc1. The number of benzene rings is 1. The number of carbonyl (C=O) groups excluding carboxylic acids is 2. The van der Waals surface area contributed by atoms with Gasteiger partial charge in [-0.05, 0) is 43.5 Å². The van der Waals surface area contributed by atoms with E-state index in [0.717, 1.165) is 23.5 Å². The first-order valence-corrected chi connectivity index (χ1v) is 6.33. The Morgan fingerprint density at radius 2 is 1.76 bits per heavy atom. The Morgan fingerprint density at radius 3 is 2.19 bits per heavy atom. The van der Waals surface area contributed by atoms with E-state index < -0.39 is 23.7 Å². The summed E-state index contributed by atoms with van der Waals surface area (Å²) in [7, 11) is 0. The Morgan fingerprint density at radius 1 is 1.14 bits per heavy atom. The quantitative estimate of drug-likeness (QED) is 0.854. The van der Waals surface area contributed by atoms with Gasteiger partial charge in [0.2, 0.25) is 0 Å². The summed E-state index contributed by atoms with van der Waals surface area (Å²) in [4.78, 5) is 25.1. The second-order valence-electron chi connectivity index (χ2n) is 5.05. The first-order valence-electron chi connectivity index (χ1n) is 6.33. The van der Waals surface area contributed by atoms with Crippen LogP contribution < -0.4 is 15.0 Å². The lowest BCUT2D eigenvalue weighted by Gasteiger charge is -2.34. The maximum atomic E-state index is 12.3. The normalized spacial score (nSPS) is 20.4. The number of nitrogens with one attached hydrogen (secondary N) is 1. The second kappa shape index (κ2) is 4.37. The molecule has 5 nitrogen and oxygen atoms in total. The third-order valence-electron chi connectivity index (χ3n) is 3.70. The molecule has 1 aromatic rings. The van der Waals surface area contributed by atoms with Crippen molar-refractivity contribution in [3.8, 4) is 5.75 Å². The van der Waals surface area contributed by atoms with Gasteiger partial charge in [0.05, 0.1) is 5.69 Å². The van der Waals surface area contributed by atoms with Crippen molar-refractivity contribution in [2.45, 2.75) is 31.2 Å². The highest BCUT2D eigenvalue weighted by molar-refractivity contribution is 6.23. The summed E-state index contributed by atoms with van der Waals surface area (Å²) < 4.78 is 40.0. The number of hydrogen-bond acceptors (Lipinski definition) is 3. The van der Waals surface area contributed by atoms with Crippen molar-refractivity contribution in [1.29, 1.82) is 0 Å². The Balaban J connectivity index is 1.81. The summed E-state index contributed by atoms with van der Waals surface area (Å²) in [6.45, 7) is 0. The van der Waals surface area contributed by atoms with Crippen LogP contribution in [0.2, 0.25) is 0 Å². The number of urea groups is 1. The summed E-state index contributed by atoms with van der Waals surface area (Å²) in [6.07, 6.45) is -2.75. The largest absolute Gasteiger partial charge is 0.573 e. The van der Waals surface area contributed by atoms with E-state index in [2.05, 4.69) is 10.1 Å². The van der Waals surface area contributed by atoms with Crippen LogP contribution in [-0.4, -0.2) is 23.8 Å². The molecule has 1 N–H and O–H groups in total. The molecule has 1 heterocycles. The minimum absolute atomic E-state index is 0.218. The van der Waals surface area contributed by atoms with Gasteiger partial charge >= 0.3 is 12.4 Å². The zero-order chi connectivity index (χ0) is 15.3. The molecule has 0 unspecified atom stereocenters. The molecule has 0 radical (unpaired) electrons. The van der Waals surface area contributed by atoms with Crippen molar-refractivity contribution in [2.75, 3.05) is 4.90 Å². The van der Waals surface area contributed by atoms with E-state index in [0.29, 0.717) is 12.8 Å². The third kappa shape index (κ3) is 2.30. The van der Waals surface area contributed by atoms with Crippen molar-refractivity contribution in [3.05, 3.63) is 24.3 Å². The molecule has 1 spiro atoms. The van der Waals surface area contributed by atoms with Crippen LogP contribution >= 0.6 is 0 Å². The minimum atomic E-state index is -4.78. The first kappa shape index (κ1) is 13.7. The Hall–Kier alpha value is -2.25. The number of amides is 3. The molecular weight excluding hydrogens is 289 g/mol.